The van der Waals surface area contributed by atoms with Crippen LogP contribution in [0.3, 0.4) is 0 Å². The van der Waals surface area contributed by atoms with Gasteiger partial charge in [-0.05, 0) is 19.4 Å². The number of aliphatic imine (C=N–C) groups is 1. The van der Waals surface area contributed by atoms with E-state index < -0.39 is 0 Å². The van der Waals surface area contributed by atoms with Crippen LogP contribution in [0.15, 0.2) is 29.3 Å². The van der Waals surface area contributed by atoms with Crippen molar-refractivity contribution in [3.8, 4) is 0 Å². The normalized spacial score (nSPS) is 11.4. The quantitative estimate of drug-likeness (QED) is 0.349. The molecule has 3 N–H and O–H groups in total. The van der Waals surface area contributed by atoms with Gasteiger partial charge in [0.25, 0.3) is 0 Å². The fraction of sp³-hybridized carbons (Fsp3) is 0.417. The van der Waals surface area contributed by atoms with E-state index in [1.807, 2.05) is 18.9 Å². The summed E-state index contributed by atoms with van der Waals surface area (Å²) in [5.74, 6) is 6.13. The van der Waals surface area contributed by atoms with Crippen LogP contribution in [0.1, 0.15) is 18.1 Å². The van der Waals surface area contributed by atoms with Crippen LogP contribution in [-0.2, 0) is 6.54 Å². The van der Waals surface area contributed by atoms with Gasteiger partial charge < -0.3 is 4.90 Å². The number of aryl methyl sites for hydroxylation is 1. The van der Waals surface area contributed by atoms with E-state index in [4.69, 9.17) is 5.84 Å². The van der Waals surface area contributed by atoms with Gasteiger partial charge in [0.05, 0.1) is 0 Å². The molecule has 0 aromatic heterocycles. The zero-order valence-corrected chi connectivity index (χ0v) is 10.2. The minimum Gasteiger partial charge on any atom is -0.341 e. The van der Waals surface area contributed by atoms with E-state index in [1.165, 1.54) is 11.1 Å². The van der Waals surface area contributed by atoms with Crippen molar-refractivity contribution in [1.82, 2.24) is 10.3 Å². The zero-order chi connectivity index (χ0) is 12.0. The van der Waals surface area contributed by atoms with Crippen molar-refractivity contribution >= 4 is 5.96 Å². The van der Waals surface area contributed by atoms with E-state index in [0.29, 0.717) is 5.96 Å². The molecular formula is C12H20N4. The number of nitrogens with two attached hydrogens (primary N) is 1. The largest absolute Gasteiger partial charge is 0.341 e. The summed E-state index contributed by atoms with van der Waals surface area (Å²) in [5.41, 5.74) is 5.13. The van der Waals surface area contributed by atoms with Crippen LogP contribution in [-0.4, -0.2) is 24.5 Å². The number of nitrogens with zero attached hydrogens (tertiary/aromatic N) is 2. The molecule has 0 aliphatic carbocycles. The summed E-state index contributed by atoms with van der Waals surface area (Å²) >= 11 is 0. The first-order valence-electron chi connectivity index (χ1n) is 5.45. The highest BCUT2D eigenvalue weighted by atomic mass is 15.4. The van der Waals surface area contributed by atoms with Crippen LogP contribution >= 0.6 is 0 Å². The maximum absolute atomic E-state index is 5.42. The summed E-state index contributed by atoms with van der Waals surface area (Å²) in [5, 5.41) is 0. The van der Waals surface area contributed by atoms with Crippen LogP contribution < -0.4 is 11.3 Å². The first kappa shape index (κ1) is 12.5. The minimum atomic E-state index is 0.712. The Morgan fingerprint density at radius 1 is 1.50 bits per heavy atom. The van der Waals surface area contributed by atoms with Crippen molar-refractivity contribution in [2.75, 3.05) is 13.6 Å². The molecule has 1 rings (SSSR count). The van der Waals surface area contributed by atoms with Crippen LogP contribution in [0.5, 0.6) is 0 Å². The van der Waals surface area contributed by atoms with E-state index in [1.54, 1.807) is 0 Å². The van der Waals surface area contributed by atoms with Crippen LogP contribution in [0, 0.1) is 6.92 Å². The number of hydrazine groups is 1. The highest BCUT2D eigenvalue weighted by Gasteiger charge is 2.04. The second-order valence-corrected chi connectivity index (χ2v) is 3.79. The Hall–Kier alpha value is -1.55. The lowest BCUT2D eigenvalue weighted by atomic mass is 10.1. The second kappa shape index (κ2) is 6.12. The van der Waals surface area contributed by atoms with Crippen LogP contribution in [0.2, 0.25) is 0 Å². The SMILES string of the molecule is CCN=C(NN)N(C)Cc1cccc(C)c1. The molecule has 0 radical (unpaired) electrons. The highest BCUT2D eigenvalue weighted by Crippen LogP contribution is 2.06. The molecule has 0 bridgehead atoms. The van der Waals surface area contributed by atoms with Gasteiger partial charge >= 0.3 is 0 Å². The average molecular weight is 220 g/mol. The Bertz CT molecular complexity index is 360. The monoisotopic (exact) mass is 220 g/mol. The molecule has 0 fully saturated rings. The lowest BCUT2D eigenvalue weighted by Gasteiger charge is -2.20. The molecule has 0 aliphatic rings. The van der Waals surface area contributed by atoms with E-state index in [0.717, 1.165) is 13.1 Å². The molecule has 1 aromatic carbocycles. The Morgan fingerprint density at radius 3 is 2.81 bits per heavy atom. The number of rotatable bonds is 3. The fourth-order valence-corrected chi connectivity index (χ4v) is 1.59. The number of hydrogen-bond donors (Lipinski definition) is 2. The van der Waals surface area contributed by atoms with Gasteiger partial charge in [-0.1, -0.05) is 29.8 Å². The van der Waals surface area contributed by atoms with Crippen LogP contribution in [0.4, 0.5) is 0 Å². The molecule has 4 nitrogen and oxygen atoms in total. The van der Waals surface area contributed by atoms with Crippen LogP contribution in [0.25, 0.3) is 0 Å². The molecule has 16 heavy (non-hydrogen) atoms. The van der Waals surface area contributed by atoms with E-state index in [9.17, 15) is 0 Å². The molecule has 0 heterocycles. The molecule has 0 aliphatic heterocycles. The molecule has 0 saturated heterocycles. The lowest BCUT2D eigenvalue weighted by Crippen LogP contribution is -2.42. The summed E-state index contributed by atoms with van der Waals surface area (Å²) in [6.45, 7) is 5.59. The summed E-state index contributed by atoms with van der Waals surface area (Å²) in [6, 6.07) is 8.41. The Balaban J connectivity index is 2.70. The summed E-state index contributed by atoms with van der Waals surface area (Å²) < 4.78 is 0. The first-order valence-corrected chi connectivity index (χ1v) is 5.45. The fourth-order valence-electron chi connectivity index (χ4n) is 1.59. The third-order valence-corrected chi connectivity index (χ3v) is 2.30. The predicted molar refractivity (Wildman–Crippen MR) is 67.9 cm³/mol. The molecule has 0 spiro atoms. The van der Waals surface area contributed by atoms with Crippen molar-refractivity contribution < 1.29 is 0 Å². The van der Waals surface area contributed by atoms with Crippen molar-refractivity contribution in [2.24, 2.45) is 10.8 Å². The standard InChI is InChI=1S/C12H20N4/c1-4-14-12(15-13)16(3)9-11-7-5-6-10(2)8-11/h5-8H,4,9,13H2,1-3H3,(H,14,15). The van der Waals surface area contributed by atoms with Crippen molar-refractivity contribution in [1.29, 1.82) is 0 Å². The number of guanidine groups is 1. The minimum absolute atomic E-state index is 0.712. The van der Waals surface area contributed by atoms with E-state index >= 15 is 0 Å². The molecule has 88 valence electrons. The maximum Gasteiger partial charge on any atom is 0.208 e. The van der Waals surface area contributed by atoms with Crippen molar-refractivity contribution in [2.45, 2.75) is 20.4 Å². The molecule has 0 amide bonds. The zero-order valence-electron chi connectivity index (χ0n) is 10.2. The van der Waals surface area contributed by atoms with Gasteiger partial charge in [0.1, 0.15) is 0 Å². The molecule has 0 atom stereocenters. The Morgan fingerprint density at radius 2 is 2.25 bits per heavy atom. The smallest absolute Gasteiger partial charge is 0.208 e. The van der Waals surface area contributed by atoms with Crippen molar-refractivity contribution in [3.63, 3.8) is 0 Å². The molecule has 0 saturated carbocycles. The molecule has 1 aromatic rings. The third-order valence-electron chi connectivity index (χ3n) is 2.30. The van der Waals surface area contributed by atoms with Gasteiger partial charge in [-0.3, -0.25) is 10.4 Å². The van der Waals surface area contributed by atoms with E-state index in [-0.39, 0.29) is 0 Å². The number of hydrogen-bond acceptors (Lipinski definition) is 2. The third kappa shape index (κ3) is 3.55. The molecule has 4 heteroatoms. The van der Waals surface area contributed by atoms with Gasteiger partial charge in [-0.15, -0.1) is 0 Å². The van der Waals surface area contributed by atoms with Gasteiger partial charge in [-0.25, -0.2) is 5.84 Å². The second-order valence-electron chi connectivity index (χ2n) is 3.79. The van der Waals surface area contributed by atoms with Gasteiger partial charge in [0.15, 0.2) is 0 Å². The topological polar surface area (TPSA) is 53.6 Å². The van der Waals surface area contributed by atoms with Gasteiger partial charge in [0, 0.05) is 20.1 Å². The maximum atomic E-state index is 5.42. The predicted octanol–water partition coefficient (Wildman–Crippen LogP) is 1.27. The average Bonchev–Trinajstić information content (AvgIpc) is 2.25. The molecule has 0 unspecified atom stereocenters. The Labute approximate surface area is 97.1 Å². The van der Waals surface area contributed by atoms with Crippen molar-refractivity contribution in [3.05, 3.63) is 35.4 Å². The van der Waals surface area contributed by atoms with Gasteiger partial charge in [0.2, 0.25) is 5.96 Å². The highest BCUT2D eigenvalue weighted by molar-refractivity contribution is 5.79. The summed E-state index contributed by atoms with van der Waals surface area (Å²) in [7, 11) is 1.97. The number of benzene rings is 1. The number of nitrogens with one attached hydrogen (secondary N) is 1. The van der Waals surface area contributed by atoms with Gasteiger partial charge in [-0.2, -0.15) is 0 Å². The lowest BCUT2D eigenvalue weighted by molar-refractivity contribution is 0.477. The summed E-state index contributed by atoms with van der Waals surface area (Å²) in [4.78, 5) is 6.27. The van der Waals surface area contributed by atoms with E-state index in [2.05, 4.69) is 41.6 Å². The Kier molecular flexibility index (Phi) is 4.79. The molecular weight excluding hydrogens is 200 g/mol. The summed E-state index contributed by atoms with van der Waals surface area (Å²) in [6.07, 6.45) is 0. The first-order chi connectivity index (χ1) is 7.67.